The largest absolute Gasteiger partial charge is 0.489 e. The Morgan fingerprint density at radius 1 is 1.27 bits per heavy atom. The lowest BCUT2D eigenvalue weighted by molar-refractivity contribution is 0.0867. The molecule has 1 aliphatic heterocycles. The summed E-state index contributed by atoms with van der Waals surface area (Å²) in [5, 5.41) is 0.627. The van der Waals surface area contributed by atoms with Crippen molar-refractivity contribution in [1.82, 2.24) is 0 Å². The van der Waals surface area contributed by atoms with Crippen LogP contribution >= 0.6 is 11.6 Å². The summed E-state index contributed by atoms with van der Waals surface area (Å²) in [6.45, 7) is 4.33. The second-order valence-electron chi connectivity index (χ2n) is 5.05. The van der Waals surface area contributed by atoms with Gasteiger partial charge < -0.3 is 9.47 Å². The number of para-hydroxylation sites is 1. The lowest BCUT2D eigenvalue weighted by atomic mass is 9.90. The summed E-state index contributed by atoms with van der Waals surface area (Å²) in [5.41, 5.74) is 0.398. The Kier molecular flexibility index (Phi) is 4.01. The average molecular weight is 315 g/mol. The third-order valence-electron chi connectivity index (χ3n) is 3.60. The van der Waals surface area contributed by atoms with Gasteiger partial charge >= 0.3 is 0 Å². The number of ketones is 1. The van der Waals surface area contributed by atoms with Crippen LogP contribution in [0.15, 0.2) is 61.2 Å². The zero-order valence-electron chi connectivity index (χ0n) is 11.9. The summed E-state index contributed by atoms with van der Waals surface area (Å²) in [6, 6.07) is 14.3. The van der Waals surface area contributed by atoms with Crippen molar-refractivity contribution in [2.24, 2.45) is 0 Å². The van der Waals surface area contributed by atoms with Crippen LogP contribution in [0.2, 0.25) is 5.02 Å². The smallest absolute Gasteiger partial charge is 0.205 e. The first kappa shape index (κ1) is 14.8. The molecule has 112 valence electrons. The van der Waals surface area contributed by atoms with Crippen LogP contribution in [0.5, 0.6) is 5.75 Å². The van der Waals surface area contributed by atoms with Gasteiger partial charge in [-0.05, 0) is 29.8 Å². The summed E-state index contributed by atoms with van der Waals surface area (Å²) in [4.78, 5) is 12.9. The van der Waals surface area contributed by atoms with E-state index in [0.717, 1.165) is 5.56 Å². The summed E-state index contributed by atoms with van der Waals surface area (Å²) in [6.07, 6.45) is 1.64. The number of hydrogen-bond acceptors (Lipinski definition) is 3. The molecule has 22 heavy (non-hydrogen) atoms. The Labute approximate surface area is 134 Å². The number of epoxide rings is 1. The summed E-state index contributed by atoms with van der Waals surface area (Å²) >= 11 is 5.91. The molecule has 0 saturated carbocycles. The molecular weight excluding hydrogens is 300 g/mol. The molecule has 0 radical (unpaired) electrons. The first-order valence-corrected chi connectivity index (χ1v) is 7.33. The van der Waals surface area contributed by atoms with E-state index in [-0.39, 0.29) is 5.78 Å². The third-order valence-corrected chi connectivity index (χ3v) is 3.85. The number of benzene rings is 2. The standard InChI is InChI=1S/C18H15ClO3/c1-2-11-21-16-6-4-3-5-15(16)17(20)18(12-22-18)13-7-9-14(19)10-8-13/h2-10H,1,11-12H2. The number of halogens is 1. The van der Waals surface area contributed by atoms with Gasteiger partial charge in [-0.15, -0.1) is 0 Å². The van der Waals surface area contributed by atoms with Crippen LogP contribution in [0.1, 0.15) is 15.9 Å². The summed E-state index contributed by atoms with van der Waals surface area (Å²) in [5.74, 6) is 0.436. The number of carbonyl (C=O) groups is 1. The minimum Gasteiger partial charge on any atom is -0.489 e. The van der Waals surface area contributed by atoms with Gasteiger partial charge in [-0.25, -0.2) is 0 Å². The number of rotatable bonds is 6. The van der Waals surface area contributed by atoms with E-state index >= 15 is 0 Å². The van der Waals surface area contributed by atoms with E-state index in [1.807, 2.05) is 24.3 Å². The van der Waals surface area contributed by atoms with Crippen LogP contribution < -0.4 is 4.74 Å². The van der Waals surface area contributed by atoms with Crippen molar-refractivity contribution in [2.45, 2.75) is 5.60 Å². The normalized spacial score (nSPS) is 19.5. The van der Waals surface area contributed by atoms with E-state index in [4.69, 9.17) is 21.1 Å². The first-order valence-electron chi connectivity index (χ1n) is 6.95. The molecule has 0 amide bonds. The zero-order valence-corrected chi connectivity index (χ0v) is 12.7. The first-order chi connectivity index (χ1) is 10.7. The van der Waals surface area contributed by atoms with Gasteiger partial charge in [-0.2, -0.15) is 0 Å². The van der Waals surface area contributed by atoms with Crippen LogP contribution in [0, 0.1) is 0 Å². The average Bonchev–Trinajstić information content (AvgIpc) is 3.35. The second-order valence-corrected chi connectivity index (χ2v) is 5.48. The summed E-state index contributed by atoms with van der Waals surface area (Å²) < 4.78 is 11.1. The molecule has 2 aromatic carbocycles. The molecule has 4 heteroatoms. The molecule has 1 fully saturated rings. The van der Waals surface area contributed by atoms with E-state index in [9.17, 15) is 4.79 Å². The van der Waals surface area contributed by atoms with Gasteiger partial charge in [0.15, 0.2) is 5.60 Å². The fraction of sp³-hybridized carbons (Fsp3) is 0.167. The van der Waals surface area contributed by atoms with Crippen LogP contribution in [0.4, 0.5) is 0 Å². The van der Waals surface area contributed by atoms with Crippen LogP contribution in [0.25, 0.3) is 0 Å². The maximum absolute atomic E-state index is 12.9. The number of Topliss-reactive ketones (excluding diaryl/α,β-unsaturated/α-hetero) is 1. The van der Waals surface area contributed by atoms with Crippen LogP contribution in [-0.4, -0.2) is 19.0 Å². The van der Waals surface area contributed by atoms with Gasteiger partial charge in [0.25, 0.3) is 0 Å². The topological polar surface area (TPSA) is 38.8 Å². The minimum atomic E-state index is -0.918. The van der Waals surface area contributed by atoms with Crippen molar-refractivity contribution in [1.29, 1.82) is 0 Å². The zero-order chi connectivity index (χ0) is 15.6. The van der Waals surface area contributed by atoms with Gasteiger partial charge in [-0.1, -0.05) is 48.5 Å². The molecule has 0 N–H and O–H groups in total. The molecule has 3 nitrogen and oxygen atoms in total. The number of ether oxygens (including phenoxy) is 2. The van der Waals surface area contributed by atoms with Crippen molar-refractivity contribution >= 4 is 17.4 Å². The Bertz CT molecular complexity index is 703. The van der Waals surface area contributed by atoms with Crippen LogP contribution in [0.3, 0.4) is 0 Å². The van der Waals surface area contributed by atoms with Gasteiger partial charge in [0, 0.05) is 5.02 Å². The summed E-state index contributed by atoms with van der Waals surface area (Å²) in [7, 11) is 0. The lowest BCUT2D eigenvalue weighted by Crippen LogP contribution is -2.23. The Hall–Kier alpha value is -2.10. The van der Waals surface area contributed by atoms with E-state index in [1.54, 1.807) is 30.3 Å². The van der Waals surface area contributed by atoms with Crippen molar-refractivity contribution < 1.29 is 14.3 Å². The third kappa shape index (κ3) is 2.65. The van der Waals surface area contributed by atoms with Crippen molar-refractivity contribution in [2.75, 3.05) is 13.2 Å². The highest BCUT2D eigenvalue weighted by atomic mass is 35.5. The van der Waals surface area contributed by atoms with Crippen molar-refractivity contribution in [3.8, 4) is 5.75 Å². The molecule has 1 saturated heterocycles. The van der Waals surface area contributed by atoms with E-state index in [0.29, 0.717) is 29.5 Å². The molecule has 1 atom stereocenters. The molecule has 0 bridgehead atoms. The lowest BCUT2D eigenvalue weighted by Gasteiger charge is -2.14. The maximum Gasteiger partial charge on any atom is 0.205 e. The Morgan fingerprint density at radius 2 is 1.95 bits per heavy atom. The number of hydrogen-bond donors (Lipinski definition) is 0. The molecule has 1 aliphatic rings. The fourth-order valence-electron chi connectivity index (χ4n) is 2.37. The highest BCUT2D eigenvalue weighted by Crippen LogP contribution is 2.43. The highest BCUT2D eigenvalue weighted by Gasteiger charge is 2.54. The molecular formula is C18H15ClO3. The van der Waals surface area contributed by atoms with Gasteiger partial charge in [-0.3, -0.25) is 4.79 Å². The predicted octanol–water partition coefficient (Wildman–Crippen LogP) is 4.01. The second kappa shape index (κ2) is 5.95. The molecule has 1 unspecified atom stereocenters. The predicted molar refractivity (Wildman–Crippen MR) is 85.5 cm³/mol. The highest BCUT2D eigenvalue weighted by molar-refractivity contribution is 6.30. The Morgan fingerprint density at radius 3 is 2.59 bits per heavy atom. The van der Waals surface area contributed by atoms with E-state index < -0.39 is 5.60 Å². The molecule has 0 aliphatic carbocycles. The van der Waals surface area contributed by atoms with Crippen molar-refractivity contribution in [3.05, 3.63) is 77.3 Å². The minimum absolute atomic E-state index is 0.102. The maximum atomic E-state index is 12.9. The monoisotopic (exact) mass is 314 g/mol. The van der Waals surface area contributed by atoms with Gasteiger partial charge in [0.05, 0.1) is 12.2 Å². The van der Waals surface area contributed by atoms with Crippen LogP contribution in [-0.2, 0) is 10.3 Å². The Balaban J connectivity index is 1.94. The van der Waals surface area contributed by atoms with E-state index in [1.165, 1.54) is 0 Å². The molecule has 3 rings (SSSR count). The molecule has 0 aromatic heterocycles. The van der Waals surface area contributed by atoms with Gasteiger partial charge in [0.2, 0.25) is 5.78 Å². The molecule has 1 heterocycles. The number of carbonyl (C=O) groups excluding carboxylic acids is 1. The molecule has 2 aromatic rings. The quantitative estimate of drug-likeness (QED) is 0.459. The SMILES string of the molecule is C=CCOc1ccccc1C(=O)C1(c2ccc(Cl)cc2)CO1. The van der Waals surface area contributed by atoms with E-state index in [2.05, 4.69) is 6.58 Å². The molecule has 0 spiro atoms. The van der Waals surface area contributed by atoms with Crippen molar-refractivity contribution in [3.63, 3.8) is 0 Å². The fourth-order valence-corrected chi connectivity index (χ4v) is 2.49. The van der Waals surface area contributed by atoms with Gasteiger partial charge in [0.1, 0.15) is 12.4 Å².